The van der Waals surface area contributed by atoms with E-state index in [1.54, 1.807) is 6.07 Å². The Morgan fingerprint density at radius 1 is 1.47 bits per heavy atom. The fourth-order valence-corrected chi connectivity index (χ4v) is 2.28. The molecule has 1 aliphatic rings. The van der Waals surface area contributed by atoms with Crippen LogP contribution in [0.2, 0.25) is 0 Å². The highest BCUT2D eigenvalue weighted by molar-refractivity contribution is 7.89. The molecule has 1 saturated heterocycles. The standard InChI is InChI=1S/C10H16N4O2S/c1-2-10(11)6-14(7-10)9-4-3-8(5-13-9)17(12,15)16/h3-5H,2,6-7,11H2,1H3,(H2,12,15,16). The first-order chi connectivity index (χ1) is 7.84. The molecule has 0 unspecified atom stereocenters. The second kappa shape index (κ2) is 3.94. The van der Waals surface area contributed by atoms with Gasteiger partial charge in [-0.15, -0.1) is 0 Å². The summed E-state index contributed by atoms with van der Waals surface area (Å²) in [5, 5.41) is 4.99. The van der Waals surface area contributed by atoms with E-state index >= 15 is 0 Å². The lowest BCUT2D eigenvalue weighted by Gasteiger charge is -2.48. The predicted octanol–water partition coefficient (Wildman–Crippen LogP) is -0.343. The Labute approximate surface area is 101 Å². The number of sulfonamides is 1. The van der Waals surface area contributed by atoms with Crippen LogP contribution in [0.3, 0.4) is 0 Å². The zero-order valence-electron chi connectivity index (χ0n) is 9.63. The van der Waals surface area contributed by atoms with Crippen molar-refractivity contribution in [3.05, 3.63) is 18.3 Å². The Balaban J connectivity index is 2.11. The van der Waals surface area contributed by atoms with Crippen LogP contribution in [-0.4, -0.2) is 32.0 Å². The van der Waals surface area contributed by atoms with Gasteiger partial charge in [0.25, 0.3) is 0 Å². The third-order valence-electron chi connectivity index (χ3n) is 3.09. The Bertz CT molecular complexity index is 506. The number of anilines is 1. The van der Waals surface area contributed by atoms with Gasteiger partial charge in [0.15, 0.2) is 0 Å². The van der Waals surface area contributed by atoms with Gasteiger partial charge in [0.2, 0.25) is 10.0 Å². The lowest BCUT2D eigenvalue weighted by atomic mass is 9.88. The molecular formula is C10H16N4O2S. The van der Waals surface area contributed by atoms with Crippen LogP contribution in [0.15, 0.2) is 23.2 Å². The van der Waals surface area contributed by atoms with Crippen molar-refractivity contribution in [2.24, 2.45) is 10.9 Å². The van der Waals surface area contributed by atoms with Crippen molar-refractivity contribution in [2.45, 2.75) is 23.8 Å². The summed E-state index contributed by atoms with van der Waals surface area (Å²) in [6.45, 7) is 3.53. The fourth-order valence-electron chi connectivity index (χ4n) is 1.83. The van der Waals surface area contributed by atoms with Gasteiger partial charge < -0.3 is 10.6 Å². The van der Waals surface area contributed by atoms with Gasteiger partial charge in [-0.1, -0.05) is 6.92 Å². The average Bonchev–Trinajstić information content (AvgIpc) is 2.24. The number of pyridine rings is 1. The van der Waals surface area contributed by atoms with E-state index in [-0.39, 0.29) is 10.4 Å². The van der Waals surface area contributed by atoms with Crippen LogP contribution >= 0.6 is 0 Å². The van der Waals surface area contributed by atoms with Crippen molar-refractivity contribution in [1.82, 2.24) is 4.98 Å². The summed E-state index contributed by atoms with van der Waals surface area (Å²) in [5.74, 6) is 0.729. The Morgan fingerprint density at radius 3 is 2.53 bits per heavy atom. The zero-order chi connectivity index (χ0) is 12.7. The molecule has 0 bridgehead atoms. The van der Waals surface area contributed by atoms with E-state index in [1.807, 2.05) is 4.90 Å². The number of nitrogens with zero attached hydrogens (tertiary/aromatic N) is 2. The van der Waals surface area contributed by atoms with Crippen LogP contribution in [0.1, 0.15) is 13.3 Å². The van der Waals surface area contributed by atoms with E-state index < -0.39 is 10.0 Å². The maximum Gasteiger partial charge on any atom is 0.239 e. The Kier molecular flexibility index (Phi) is 2.84. The maximum absolute atomic E-state index is 11.1. The Hall–Kier alpha value is -1.18. The molecule has 6 nitrogen and oxygen atoms in total. The van der Waals surface area contributed by atoms with Crippen molar-refractivity contribution in [3.63, 3.8) is 0 Å². The smallest absolute Gasteiger partial charge is 0.239 e. The van der Waals surface area contributed by atoms with E-state index in [0.29, 0.717) is 0 Å². The van der Waals surface area contributed by atoms with Gasteiger partial charge in [-0.25, -0.2) is 18.5 Å². The highest BCUT2D eigenvalue weighted by Gasteiger charge is 2.38. The number of nitrogens with two attached hydrogens (primary N) is 2. The first-order valence-electron chi connectivity index (χ1n) is 5.37. The lowest BCUT2D eigenvalue weighted by Crippen LogP contribution is -2.67. The van der Waals surface area contributed by atoms with Crippen LogP contribution < -0.4 is 15.8 Å². The minimum Gasteiger partial charge on any atom is -0.353 e. The molecule has 0 aromatic carbocycles. The minimum atomic E-state index is -3.67. The molecule has 94 valence electrons. The summed E-state index contributed by atoms with van der Waals surface area (Å²) in [7, 11) is -3.67. The van der Waals surface area contributed by atoms with Crippen molar-refractivity contribution < 1.29 is 8.42 Å². The molecule has 1 aromatic heterocycles. The number of primary sulfonamides is 1. The molecule has 0 aliphatic carbocycles. The molecule has 0 spiro atoms. The highest BCUT2D eigenvalue weighted by Crippen LogP contribution is 2.26. The van der Waals surface area contributed by atoms with Crippen molar-refractivity contribution in [3.8, 4) is 0 Å². The molecule has 7 heteroatoms. The molecule has 0 atom stereocenters. The van der Waals surface area contributed by atoms with Crippen LogP contribution in [0, 0.1) is 0 Å². The van der Waals surface area contributed by atoms with Crippen molar-refractivity contribution in [2.75, 3.05) is 18.0 Å². The zero-order valence-corrected chi connectivity index (χ0v) is 10.4. The largest absolute Gasteiger partial charge is 0.353 e. The van der Waals surface area contributed by atoms with Crippen molar-refractivity contribution >= 4 is 15.8 Å². The summed E-state index contributed by atoms with van der Waals surface area (Å²) < 4.78 is 22.1. The molecule has 2 heterocycles. The molecule has 1 fully saturated rings. The van der Waals surface area contributed by atoms with Gasteiger partial charge in [0.05, 0.1) is 5.54 Å². The number of hydrogen-bond acceptors (Lipinski definition) is 5. The van der Waals surface area contributed by atoms with Gasteiger partial charge in [0.1, 0.15) is 10.7 Å². The number of aromatic nitrogens is 1. The maximum atomic E-state index is 11.1. The second-order valence-electron chi connectivity index (χ2n) is 4.47. The van der Waals surface area contributed by atoms with Crippen LogP contribution in [0.4, 0.5) is 5.82 Å². The van der Waals surface area contributed by atoms with Crippen LogP contribution in [0.25, 0.3) is 0 Å². The van der Waals surface area contributed by atoms with Crippen molar-refractivity contribution in [1.29, 1.82) is 0 Å². The molecule has 17 heavy (non-hydrogen) atoms. The summed E-state index contributed by atoms with van der Waals surface area (Å²) in [6.07, 6.45) is 2.19. The SMILES string of the molecule is CCC1(N)CN(c2ccc(S(N)(=O)=O)cn2)C1. The molecule has 0 radical (unpaired) electrons. The molecular weight excluding hydrogens is 240 g/mol. The summed E-state index contributed by atoms with van der Waals surface area (Å²) in [5.41, 5.74) is 5.91. The fraction of sp³-hybridized carbons (Fsp3) is 0.500. The molecule has 0 amide bonds. The molecule has 1 aliphatic heterocycles. The molecule has 4 N–H and O–H groups in total. The Morgan fingerprint density at radius 2 is 2.12 bits per heavy atom. The average molecular weight is 256 g/mol. The quantitative estimate of drug-likeness (QED) is 0.770. The molecule has 0 saturated carbocycles. The monoisotopic (exact) mass is 256 g/mol. The van der Waals surface area contributed by atoms with Gasteiger partial charge in [-0.3, -0.25) is 0 Å². The van der Waals surface area contributed by atoms with Gasteiger partial charge in [-0.2, -0.15) is 0 Å². The first kappa shape index (κ1) is 12.3. The number of hydrogen-bond donors (Lipinski definition) is 2. The third-order valence-corrected chi connectivity index (χ3v) is 3.99. The number of rotatable bonds is 3. The van der Waals surface area contributed by atoms with Crippen LogP contribution in [0.5, 0.6) is 0 Å². The third kappa shape index (κ3) is 2.41. The van der Waals surface area contributed by atoms with E-state index in [4.69, 9.17) is 10.9 Å². The van der Waals surface area contributed by atoms with E-state index in [2.05, 4.69) is 11.9 Å². The molecule has 2 rings (SSSR count). The topological polar surface area (TPSA) is 102 Å². The van der Waals surface area contributed by atoms with E-state index in [9.17, 15) is 8.42 Å². The second-order valence-corrected chi connectivity index (χ2v) is 6.03. The predicted molar refractivity (Wildman–Crippen MR) is 65.0 cm³/mol. The van der Waals surface area contributed by atoms with E-state index in [0.717, 1.165) is 25.3 Å². The normalized spacial score (nSPS) is 18.9. The minimum absolute atomic E-state index is 0.0243. The summed E-state index contributed by atoms with van der Waals surface area (Å²) in [6, 6.07) is 3.11. The van der Waals surface area contributed by atoms with Gasteiger partial charge in [-0.05, 0) is 18.6 Å². The van der Waals surface area contributed by atoms with Crippen LogP contribution in [-0.2, 0) is 10.0 Å². The molecule has 1 aromatic rings. The van der Waals surface area contributed by atoms with Gasteiger partial charge in [0, 0.05) is 19.3 Å². The van der Waals surface area contributed by atoms with Gasteiger partial charge >= 0.3 is 0 Å². The highest BCUT2D eigenvalue weighted by atomic mass is 32.2. The summed E-state index contributed by atoms with van der Waals surface area (Å²) >= 11 is 0. The lowest BCUT2D eigenvalue weighted by molar-refractivity contribution is 0.320. The van der Waals surface area contributed by atoms with E-state index in [1.165, 1.54) is 12.3 Å². The summed E-state index contributed by atoms with van der Waals surface area (Å²) in [4.78, 5) is 6.11. The first-order valence-corrected chi connectivity index (χ1v) is 6.91.